The predicted octanol–water partition coefficient (Wildman–Crippen LogP) is 3.56. The Kier molecular flexibility index (Phi) is 5.72. The van der Waals surface area contributed by atoms with E-state index in [2.05, 4.69) is 26.7 Å². The van der Waals surface area contributed by atoms with Crippen LogP contribution in [-0.4, -0.2) is 50.1 Å². The van der Waals surface area contributed by atoms with E-state index in [-0.39, 0.29) is 18.6 Å². The van der Waals surface area contributed by atoms with Gasteiger partial charge in [0, 0.05) is 54.4 Å². The predicted molar refractivity (Wildman–Crippen MR) is 114 cm³/mol. The molecule has 0 aliphatic carbocycles. The number of aliphatic hydroxyl groups excluding tert-OH is 1. The minimum absolute atomic E-state index is 0.0309. The Hall–Kier alpha value is -2.60. The molecule has 3 aromatic rings. The molecule has 1 aliphatic rings. The van der Waals surface area contributed by atoms with Crippen molar-refractivity contribution in [2.45, 2.75) is 51.5 Å². The third-order valence-corrected chi connectivity index (χ3v) is 6.21. The topological polar surface area (TPSA) is 74.2 Å². The van der Waals surface area contributed by atoms with Crippen LogP contribution >= 0.6 is 0 Å². The normalized spacial score (nSPS) is 16.4. The van der Waals surface area contributed by atoms with Crippen molar-refractivity contribution < 1.29 is 9.90 Å². The van der Waals surface area contributed by atoms with Gasteiger partial charge in [-0.25, -0.2) is 4.98 Å². The molecule has 0 radical (unpaired) electrons. The number of H-pyrrole nitrogens is 1. The minimum atomic E-state index is 0.0309. The molecule has 1 fully saturated rings. The lowest BCUT2D eigenvalue weighted by molar-refractivity contribution is -0.132. The molecule has 4 rings (SSSR count). The van der Waals surface area contributed by atoms with E-state index in [0.717, 1.165) is 49.4 Å². The highest BCUT2D eigenvalue weighted by Gasteiger charge is 2.28. The Labute approximate surface area is 171 Å². The molecule has 0 unspecified atom stereocenters. The zero-order valence-corrected chi connectivity index (χ0v) is 17.3. The first-order valence-corrected chi connectivity index (χ1v) is 10.6. The number of aromatic amines is 1. The van der Waals surface area contributed by atoms with Gasteiger partial charge in [0.1, 0.15) is 5.82 Å². The number of aryl methyl sites for hydroxylation is 2. The van der Waals surface area contributed by atoms with Crippen LogP contribution in [0, 0.1) is 6.92 Å². The van der Waals surface area contributed by atoms with Gasteiger partial charge in [0.05, 0.1) is 12.6 Å². The maximum Gasteiger partial charge on any atom is 0.222 e. The van der Waals surface area contributed by atoms with Crippen LogP contribution in [0.5, 0.6) is 0 Å². The maximum atomic E-state index is 12.8. The standard InChI is InChI=1S/C23H30N4O2/c1-16-13-25-23(27(16)17(2)15-28)18-9-11-26(12-10-18)22(29)8-7-19-14-24-21-6-4-3-5-20(19)21/h3-6,13-14,17-18,24,28H,7-12,15H2,1-2H3/t17-/m1/s1. The van der Waals surface area contributed by atoms with Crippen LogP contribution in [0.3, 0.4) is 0 Å². The number of aliphatic hydroxyl groups is 1. The largest absolute Gasteiger partial charge is 0.394 e. The van der Waals surface area contributed by atoms with E-state index in [1.54, 1.807) is 0 Å². The van der Waals surface area contributed by atoms with Crippen LogP contribution in [-0.2, 0) is 11.2 Å². The van der Waals surface area contributed by atoms with Crippen molar-refractivity contribution in [3.05, 3.63) is 53.7 Å². The molecule has 6 heteroatoms. The van der Waals surface area contributed by atoms with E-state index >= 15 is 0 Å². The van der Waals surface area contributed by atoms with Gasteiger partial charge in [-0.15, -0.1) is 0 Å². The highest BCUT2D eigenvalue weighted by Crippen LogP contribution is 2.30. The number of rotatable bonds is 6. The van der Waals surface area contributed by atoms with Gasteiger partial charge >= 0.3 is 0 Å². The molecule has 2 N–H and O–H groups in total. The third kappa shape index (κ3) is 3.94. The Balaban J connectivity index is 1.34. The van der Waals surface area contributed by atoms with E-state index < -0.39 is 0 Å². The maximum absolute atomic E-state index is 12.8. The number of nitrogens with zero attached hydrogens (tertiary/aromatic N) is 3. The molecule has 29 heavy (non-hydrogen) atoms. The smallest absolute Gasteiger partial charge is 0.222 e. The number of hydrogen-bond donors (Lipinski definition) is 2. The fourth-order valence-electron chi connectivity index (χ4n) is 4.55. The molecular weight excluding hydrogens is 364 g/mol. The first-order chi connectivity index (χ1) is 14.1. The number of carbonyl (C=O) groups excluding carboxylic acids is 1. The van der Waals surface area contributed by atoms with Crippen molar-refractivity contribution in [3.8, 4) is 0 Å². The fourth-order valence-corrected chi connectivity index (χ4v) is 4.55. The monoisotopic (exact) mass is 394 g/mol. The highest BCUT2D eigenvalue weighted by atomic mass is 16.3. The zero-order chi connectivity index (χ0) is 20.4. The van der Waals surface area contributed by atoms with E-state index in [9.17, 15) is 9.90 Å². The molecule has 3 heterocycles. The Morgan fingerprint density at radius 2 is 2.07 bits per heavy atom. The fraction of sp³-hybridized carbons (Fsp3) is 0.478. The second kappa shape index (κ2) is 8.41. The molecule has 1 aliphatic heterocycles. The second-order valence-electron chi connectivity index (χ2n) is 8.17. The van der Waals surface area contributed by atoms with Crippen molar-refractivity contribution >= 4 is 16.8 Å². The lowest BCUT2D eigenvalue weighted by atomic mass is 9.95. The number of para-hydroxylation sites is 1. The molecule has 0 spiro atoms. The molecule has 0 bridgehead atoms. The van der Waals surface area contributed by atoms with Crippen LogP contribution < -0.4 is 0 Å². The number of amides is 1. The Morgan fingerprint density at radius 3 is 2.83 bits per heavy atom. The van der Waals surface area contributed by atoms with E-state index in [0.29, 0.717) is 12.3 Å². The Bertz CT molecular complexity index is 982. The average Bonchev–Trinajstić information content (AvgIpc) is 3.35. The average molecular weight is 395 g/mol. The number of hydrogen-bond acceptors (Lipinski definition) is 3. The van der Waals surface area contributed by atoms with Gasteiger partial charge in [0.25, 0.3) is 0 Å². The van der Waals surface area contributed by atoms with Gasteiger partial charge in [0.2, 0.25) is 5.91 Å². The summed E-state index contributed by atoms with van der Waals surface area (Å²) in [5.74, 6) is 1.63. The summed E-state index contributed by atoms with van der Waals surface area (Å²) in [5.41, 5.74) is 3.41. The summed E-state index contributed by atoms with van der Waals surface area (Å²) >= 11 is 0. The summed E-state index contributed by atoms with van der Waals surface area (Å²) in [6, 6.07) is 8.26. The van der Waals surface area contributed by atoms with Crippen molar-refractivity contribution in [3.63, 3.8) is 0 Å². The number of fused-ring (bicyclic) bond motifs is 1. The third-order valence-electron chi connectivity index (χ3n) is 6.21. The molecular formula is C23H30N4O2. The van der Waals surface area contributed by atoms with Gasteiger partial charge in [-0.05, 0) is 44.7 Å². The van der Waals surface area contributed by atoms with Crippen LogP contribution in [0.25, 0.3) is 10.9 Å². The number of imidazole rings is 1. The number of nitrogens with one attached hydrogen (secondary N) is 1. The number of piperidine rings is 1. The summed E-state index contributed by atoms with van der Waals surface area (Å²) < 4.78 is 2.15. The summed E-state index contributed by atoms with van der Waals surface area (Å²) in [6.45, 7) is 5.70. The number of likely N-dealkylation sites (tertiary alicyclic amines) is 1. The van der Waals surface area contributed by atoms with Crippen molar-refractivity contribution in [1.82, 2.24) is 19.4 Å². The molecule has 1 atom stereocenters. The SMILES string of the molecule is Cc1cnc(C2CCN(C(=O)CCc3c[nH]c4ccccc34)CC2)n1[C@H](C)CO. The summed E-state index contributed by atoms with van der Waals surface area (Å²) in [4.78, 5) is 22.7. The van der Waals surface area contributed by atoms with Gasteiger partial charge in [-0.1, -0.05) is 18.2 Å². The summed E-state index contributed by atoms with van der Waals surface area (Å²) in [7, 11) is 0. The van der Waals surface area contributed by atoms with Gasteiger partial charge in [0.15, 0.2) is 0 Å². The van der Waals surface area contributed by atoms with E-state index in [1.807, 2.05) is 43.3 Å². The molecule has 2 aromatic heterocycles. The molecule has 154 valence electrons. The van der Waals surface area contributed by atoms with E-state index in [1.165, 1.54) is 10.9 Å². The summed E-state index contributed by atoms with van der Waals surface area (Å²) in [5, 5.41) is 10.8. The number of aromatic nitrogens is 3. The lowest BCUT2D eigenvalue weighted by Gasteiger charge is -2.32. The van der Waals surface area contributed by atoms with Gasteiger partial charge < -0.3 is 19.6 Å². The molecule has 6 nitrogen and oxygen atoms in total. The van der Waals surface area contributed by atoms with Crippen LogP contribution in [0.2, 0.25) is 0 Å². The zero-order valence-electron chi connectivity index (χ0n) is 17.3. The molecule has 1 saturated heterocycles. The first kappa shape index (κ1) is 19.7. The molecule has 1 amide bonds. The van der Waals surface area contributed by atoms with Gasteiger partial charge in [-0.2, -0.15) is 0 Å². The highest BCUT2D eigenvalue weighted by molar-refractivity contribution is 5.84. The Morgan fingerprint density at radius 1 is 1.31 bits per heavy atom. The van der Waals surface area contributed by atoms with Crippen LogP contribution in [0.4, 0.5) is 0 Å². The quantitative estimate of drug-likeness (QED) is 0.671. The van der Waals surface area contributed by atoms with Crippen molar-refractivity contribution in [1.29, 1.82) is 0 Å². The van der Waals surface area contributed by atoms with Crippen LogP contribution in [0.15, 0.2) is 36.7 Å². The van der Waals surface area contributed by atoms with Gasteiger partial charge in [-0.3, -0.25) is 4.79 Å². The first-order valence-electron chi connectivity index (χ1n) is 10.6. The molecule has 0 saturated carbocycles. The van der Waals surface area contributed by atoms with Crippen LogP contribution in [0.1, 0.15) is 55.2 Å². The number of carbonyl (C=O) groups is 1. The number of benzene rings is 1. The second-order valence-corrected chi connectivity index (χ2v) is 8.17. The summed E-state index contributed by atoms with van der Waals surface area (Å²) in [6.07, 6.45) is 7.07. The van der Waals surface area contributed by atoms with Crippen molar-refractivity contribution in [2.24, 2.45) is 0 Å². The lowest BCUT2D eigenvalue weighted by Crippen LogP contribution is -2.38. The van der Waals surface area contributed by atoms with Crippen molar-refractivity contribution in [2.75, 3.05) is 19.7 Å². The van der Waals surface area contributed by atoms with E-state index in [4.69, 9.17) is 0 Å². The minimum Gasteiger partial charge on any atom is -0.394 e. The molecule has 1 aromatic carbocycles.